The van der Waals surface area contributed by atoms with Gasteiger partial charge in [-0.1, -0.05) is 12.1 Å². The van der Waals surface area contributed by atoms with E-state index in [9.17, 15) is 4.79 Å². The van der Waals surface area contributed by atoms with E-state index in [1.165, 1.54) is 11.3 Å². The van der Waals surface area contributed by atoms with E-state index in [2.05, 4.69) is 40.6 Å². The zero-order valence-electron chi connectivity index (χ0n) is 16.1. The fraction of sp³-hybridized carbons (Fsp3) is 0.391. The summed E-state index contributed by atoms with van der Waals surface area (Å²) in [5.74, 6) is 0.238. The summed E-state index contributed by atoms with van der Waals surface area (Å²) in [7, 11) is 0. The van der Waals surface area contributed by atoms with Crippen LogP contribution in [0.5, 0.6) is 0 Å². The first-order valence-electron chi connectivity index (χ1n) is 10.1. The maximum Gasteiger partial charge on any atom is 0.227 e. The highest BCUT2D eigenvalue weighted by Crippen LogP contribution is 2.26. The van der Waals surface area contributed by atoms with Crippen LogP contribution in [-0.2, 0) is 11.3 Å². The van der Waals surface area contributed by atoms with Crippen LogP contribution in [0.25, 0.3) is 0 Å². The molecule has 0 radical (unpaired) electrons. The number of piperidine rings is 1. The van der Waals surface area contributed by atoms with Gasteiger partial charge in [-0.05, 0) is 61.2 Å². The summed E-state index contributed by atoms with van der Waals surface area (Å²) in [5, 5.41) is 12.5. The Kier molecular flexibility index (Phi) is 5.59. The molecular formula is C23H26N4O. The number of rotatable bonds is 5. The topological polar surface area (TPSA) is 59.4 Å². The molecule has 0 spiro atoms. The van der Waals surface area contributed by atoms with Gasteiger partial charge in [0.05, 0.1) is 11.6 Å². The molecule has 28 heavy (non-hydrogen) atoms. The van der Waals surface area contributed by atoms with Crippen LogP contribution < -0.4 is 15.1 Å². The zero-order chi connectivity index (χ0) is 19.3. The van der Waals surface area contributed by atoms with E-state index in [1.54, 1.807) is 0 Å². The van der Waals surface area contributed by atoms with E-state index >= 15 is 0 Å². The molecule has 2 aliphatic heterocycles. The van der Waals surface area contributed by atoms with Crippen molar-refractivity contribution in [2.24, 2.45) is 0 Å². The number of hydrogen-bond donors (Lipinski definition) is 1. The second kappa shape index (κ2) is 8.45. The van der Waals surface area contributed by atoms with Gasteiger partial charge in [0, 0.05) is 50.0 Å². The number of anilines is 2. The van der Waals surface area contributed by atoms with Crippen molar-refractivity contribution in [3.63, 3.8) is 0 Å². The van der Waals surface area contributed by atoms with Gasteiger partial charge in [-0.2, -0.15) is 5.26 Å². The average Bonchev–Trinajstić information content (AvgIpc) is 3.19. The minimum Gasteiger partial charge on any atom is -0.371 e. The molecule has 0 atom stereocenters. The minimum absolute atomic E-state index is 0.238. The van der Waals surface area contributed by atoms with Crippen molar-refractivity contribution in [1.82, 2.24) is 5.32 Å². The average molecular weight is 374 g/mol. The molecule has 0 saturated carbocycles. The lowest BCUT2D eigenvalue weighted by atomic mass is 10.0. The molecule has 2 heterocycles. The molecule has 5 nitrogen and oxygen atoms in total. The summed E-state index contributed by atoms with van der Waals surface area (Å²) < 4.78 is 0. The maximum absolute atomic E-state index is 11.9. The summed E-state index contributed by atoms with van der Waals surface area (Å²) >= 11 is 0. The lowest BCUT2D eigenvalue weighted by Gasteiger charge is -2.34. The fourth-order valence-electron chi connectivity index (χ4n) is 4.07. The number of nitriles is 1. The number of carbonyl (C=O) groups is 1. The first-order valence-corrected chi connectivity index (χ1v) is 10.1. The van der Waals surface area contributed by atoms with Crippen LogP contribution in [0.4, 0.5) is 11.4 Å². The number of hydrogen-bond acceptors (Lipinski definition) is 4. The van der Waals surface area contributed by atoms with Gasteiger partial charge in [0.15, 0.2) is 0 Å². The lowest BCUT2D eigenvalue weighted by molar-refractivity contribution is -0.117. The molecular weight excluding hydrogens is 348 g/mol. The third-order valence-electron chi connectivity index (χ3n) is 5.77. The first-order chi connectivity index (χ1) is 13.7. The molecule has 0 aromatic heterocycles. The Hall–Kier alpha value is -2.84. The van der Waals surface area contributed by atoms with Gasteiger partial charge in [-0.25, -0.2) is 0 Å². The van der Waals surface area contributed by atoms with Crippen molar-refractivity contribution in [3.05, 3.63) is 59.7 Å². The molecule has 2 aromatic carbocycles. The predicted molar refractivity (Wildman–Crippen MR) is 111 cm³/mol. The lowest BCUT2D eigenvalue weighted by Crippen LogP contribution is -2.42. The van der Waals surface area contributed by atoms with Crippen molar-refractivity contribution in [2.45, 2.75) is 38.3 Å². The van der Waals surface area contributed by atoms with Crippen molar-refractivity contribution >= 4 is 17.3 Å². The van der Waals surface area contributed by atoms with E-state index in [0.29, 0.717) is 18.0 Å². The molecule has 2 fully saturated rings. The van der Waals surface area contributed by atoms with Crippen LogP contribution in [-0.4, -0.2) is 31.6 Å². The van der Waals surface area contributed by atoms with Gasteiger partial charge >= 0.3 is 0 Å². The SMILES string of the molecule is N#Cc1ccc(CNC2CCN(c3ccc(N4CCCC4=O)cc3)CC2)cc1. The smallest absolute Gasteiger partial charge is 0.227 e. The quantitative estimate of drug-likeness (QED) is 0.871. The molecule has 144 valence electrons. The summed E-state index contributed by atoms with van der Waals surface area (Å²) in [6.45, 7) is 3.75. The highest BCUT2D eigenvalue weighted by Gasteiger charge is 2.22. The highest BCUT2D eigenvalue weighted by molar-refractivity contribution is 5.95. The monoisotopic (exact) mass is 374 g/mol. The zero-order valence-corrected chi connectivity index (χ0v) is 16.1. The van der Waals surface area contributed by atoms with Crippen LogP contribution in [0.1, 0.15) is 36.8 Å². The Bertz CT molecular complexity index is 846. The summed E-state index contributed by atoms with van der Waals surface area (Å²) in [4.78, 5) is 16.2. The van der Waals surface area contributed by atoms with Crippen molar-refractivity contribution in [1.29, 1.82) is 5.26 Å². The van der Waals surface area contributed by atoms with E-state index in [-0.39, 0.29) is 5.91 Å². The number of nitrogens with zero attached hydrogens (tertiary/aromatic N) is 3. The Morgan fingerprint density at radius 1 is 0.964 bits per heavy atom. The Morgan fingerprint density at radius 2 is 1.64 bits per heavy atom. The van der Waals surface area contributed by atoms with Gasteiger partial charge in [0.2, 0.25) is 5.91 Å². The van der Waals surface area contributed by atoms with Crippen molar-refractivity contribution in [3.8, 4) is 6.07 Å². The molecule has 5 heteroatoms. The molecule has 4 rings (SSSR count). The van der Waals surface area contributed by atoms with Gasteiger partial charge < -0.3 is 15.1 Å². The van der Waals surface area contributed by atoms with Gasteiger partial charge in [0.1, 0.15) is 0 Å². The fourth-order valence-corrected chi connectivity index (χ4v) is 4.07. The third-order valence-corrected chi connectivity index (χ3v) is 5.77. The summed E-state index contributed by atoms with van der Waals surface area (Å²) in [6, 6.07) is 18.9. The largest absolute Gasteiger partial charge is 0.371 e. The molecule has 0 aliphatic carbocycles. The van der Waals surface area contributed by atoms with E-state index in [4.69, 9.17) is 5.26 Å². The Morgan fingerprint density at radius 3 is 2.25 bits per heavy atom. The standard InChI is InChI=1S/C23H26N4O/c24-16-18-3-5-19(6-4-18)17-25-20-11-14-26(15-12-20)21-7-9-22(10-8-21)27-13-1-2-23(27)28/h3-10,20,25H,1-2,11-15,17H2. The second-order valence-electron chi connectivity index (χ2n) is 7.62. The van der Waals surface area contributed by atoms with Crippen LogP contribution in [0, 0.1) is 11.3 Å². The summed E-state index contributed by atoms with van der Waals surface area (Å²) in [6.07, 6.45) is 3.86. The molecule has 2 aromatic rings. The van der Waals surface area contributed by atoms with Gasteiger partial charge in [0.25, 0.3) is 0 Å². The number of benzene rings is 2. The highest BCUT2D eigenvalue weighted by atomic mass is 16.2. The van der Waals surface area contributed by atoms with Gasteiger partial charge in [-0.15, -0.1) is 0 Å². The molecule has 1 N–H and O–H groups in total. The molecule has 0 unspecified atom stereocenters. The Labute approximate surface area is 166 Å². The van der Waals surface area contributed by atoms with Crippen LogP contribution >= 0.6 is 0 Å². The predicted octanol–water partition coefficient (Wildman–Crippen LogP) is 3.44. The second-order valence-corrected chi connectivity index (χ2v) is 7.62. The molecule has 2 aliphatic rings. The molecule has 1 amide bonds. The normalized spacial score (nSPS) is 17.8. The van der Waals surface area contributed by atoms with Crippen LogP contribution in [0.3, 0.4) is 0 Å². The molecule has 2 saturated heterocycles. The van der Waals surface area contributed by atoms with E-state index < -0.39 is 0 Å². The van der Waals surface area contributed by atoms with Crippen LogP contribution in [0.2, 0.25) is 0 Å². The Balaban J connectivity index is 1.26. The van der Waals surface area contributed by atoms with E-state index in [1.807, 2.05) is 29.2 Å². The van der Waals surface area contributed by atoms with Crippen molar-refractivity contribution in [2.75, 3.05) is 29.4 Å². The third kappa shape index (κ3) is 4.18. The number of nitrogens with one attached hydrogen (secondary N) is 1. The first kappa shape index (κ1) is 18.5. The van der Waals surface area contributed by atoms with Gasteiger partial charge in [-0.3, -0.25) is 4.79 Å². The maximum atomic E-state index is 11.9. The van der Waals surface area contributed by atoms with Crippen molar-refractivity contribution < 1.29 is 4.79 Å². The number of amides is 1. The minimum atomic E-state index is 0.238. The summed E-state index contributed by atoms with van der Waals surface area (Å²) in [5.41, 5.74) is 4.18. The number of carbonyl (C=O) groups excluding carboxylic acids is 1. The van der Waals surface area contributed by atoms with E-state index in [0.717, 1.165) is 51.1 Å². The molecule has 0 bridgehead atoms. The van der Waals surface area contributed by atoms with Crippen LogP contribution in [0.15, 0.2) is 48.5 Å².